The molecule has 0 aliphatic carbocycles. The summed E-state index contributed by atoms with van der Waals surface area (Å²) in [4.78, 5) is 16.6. The van der Waals surface area contributed by atoms with Gasteiger partial charge in [0.05, 0.1) is 24.6 Å². The van der Waals surface area contributed by atoms with Crippen molar-refractivity contribution in [2.24, 2.45) is 0 Å². The van der Waals surface area contributed by atoms with E-state index in [2.05, 4.69) is 15.6 Å². The number of hydrogen-bond acceptors (Lipinski definition) is 4. The van der Waals surface area contributed by atoms with Gasteiger partial charge in [0.1, 0.15) is 11.5 Å². The van der Waals surface area contributed by atoms with Gasteiger partial charge in [-0.05, 0) is 24.3 Å². The van der Waals surface area contributed by atoms with Gasteiger partial charge in [-0.2, -0.15) is 0 Å². The molecular weight excluding hydrogens is 335 g/mol. The zero-order valence-corrected chi connectivity index (χ0v) is 14.1. The molecular formula is C19H19FN4O2. The fourth-order valence-corrected chi connectivity index (χ4v) is 3.02. The first-order chi connectivity index (χ1) is 12.7. The smallest absolute Gasteiger partial charge is 0.251 e. The van der Waals surface area contributed by atoms with Crippen LogP contribution in [0.5, 0.6) is 0 Å². The van der Waals surface area contributed by atoms with E-state index < -0.39 is 0 Å². The molecule has 26 heavy (non-hydrogen) atoms. The van der Waals surface area contributed by atoms with Crippen LogP contribution in [0.2, 0.25) is 0 Å². The van der Waals surface area contributed by atoms with Gasteiger partial charge in [-0.15, -0.1) is 0 Å². The molecule has 0 spiro atoms. The first-order valence-corrected chi connectivity index (χ1v) is 8.54. The predicted octanol–water partition coefficient (Wildman–Crippen LogP) is 1.86. The van der Waals surface area contributed by atoms with Gasteiger partial charge in [0.15, 0.2) is 0 Å². The van der Waals surface area contributed by atoms with Crippen molar-refractivity contribution in [1.29, 1.82) is 0 Å². The van der Waals surface area contributed by atoms with Gasteiger partial charge >= 0.3 is 0 Å². The number of carbonyl (C=O) groups is 1. The Morgan fingerprint density at radius 1 is 1.31 bits per heavy atom. The molecule has 1 aliphatic heterocycles. The third-order valence-electron chi connectivity index (χ3n) is 4.41. The van der Waals surface area contributed by atoms with E-state index in [4.69, 9.17) is 4.74 Å². The maximum absolute atomic E-state index is 13.5. The number of imidazole rings is 1. The standard InChI is InChI=1S/C19H19FN4O2/c20-15-5-6-18-22-11-17(24(18)12-15)13-1-3-14(4-2-13)19(25)23-10-16-9-21-7-8-26-16/h1-6,11-12,16,21H,7-10H2,(H,23,25)/t16-/m0/s1. The number of pyridine rings is 1. The summed E-state index contributed by atoms with van der Waals surface area (Å²) in [6.07, 6.45) is 3.09. The molecule has 134 valence electrons. The zero-order chi connectivity index (χ0) is 17.9. The molecule has 1 fully saturated rings. The van der Waals surface area contributed by atoms with Crippen LogP contribution >= 0.6 is 0 Å². The summed E-state index contributed by atoms with van der Waals surface area (Å²) in [6, 6.07) is 10.2. The van der Waals surface area contributed by atoms with Crippen molar-refractivity contribution in [3.8, 4) is 11.3 Å². The lowest BCUT2D eigenvalue weighted by Crippen LogP contribution is -2.45. The average molecular weight is 354 g/mol. The van der Waals surface area contributed by atoms with Crippen LogP contribution in [0.1, 0.15) is 10.4 Å². The Bertz CT molecular complexity index is 917. The second-order valence-electron chi connectivity index (χ2n) is 6.20. The predicted molar refractivity (Wildman–Crippen MR) is 95.5 cm³/mol. The number of nitrogens with one attached hydrogen (secondary N) is 2. The normalized spacial score (nSPS) is 17.3. The van der Waals surface area contributed by atoms with Gasteiger partial charge in [0.2, 0.25) is 0 Å². The highest BCUT2D eigenvalue weighted by Crippen LogP contribution is 2.21. The number of benzene rings is 1. The molecule has 0 unspecified atom stereocenters. The lowest BCUT2D eigenvalue weighted by Gasteiger charge is -2.23. The van der Waals surface area contributed by atoms with Crippen LogP contribution in [0.25, 0.3) is 16.9 Å². The molecule has 2 N–H and O–H groups in total. The molecule has 2 aromatic heterocycles. The average Bonchev–Trinajstić information content (AvgIpc) is 3.10. The van der Waals surface area contributed by atoms with E-state index in [1.807, 2.05) is 12.1 Å². The Kier molecular flexibility index (Phi) is 4.64. The van der Waals surface area contributed by atoms with Crippen LogP contribution in [0, 0.1) is 5.82 Å². The maximum atomic E-state index is 13.5. The summed E-state index contributed by atoms with van der Waals surface area (Å²) in [7, 11) is 0. The van der Waals surface area contributed by atoms with Crippen LogP contribution in [0.3, 0.4) is 0 Å². The van der Waals surface area contributed by atoms with Crippen LogP contribution in [0.15, 0.2) is 48.8 Å². The lowest BCUT2D eigenvalue weighted by atomic mass is 10.1. The molecule has 0 bridgehead atoms. The summed E-state index contributed by atoms with van der Waals surface area (Å²) in [5.74, 6) is -0.470. The second-order valence-corrected chi connectivity index (χ2v) is 6.20. The molecule has 6 nitrogen and oxygen atoms in total. The summed E-state index contributed by atoms with van der Waals surface area (Å²) in [6.45, 7) is 2.72. The number of carbonyl (C=O) groups excluding carboxylic acids is 1. The van der Waals surface area contributed by atoms with Gasteiger partial charge in [-0.1, -0.05) is 12.1 Å². The van der Waals surface area contributed by atoms with Crippen molar-refractivity contribution in [3.05, 3.63) is 60.2 Å². The number of fused-ring (bicyclic) bond motifs is 1. The molecule has 1 amide bonds. The van der Waals surface area contributed by atoms with Crippen molar-refractivity contribution in [3.63, 3.8) is 0 Å². The fourth-order valence-electron chi connectivity index (χ4n) is 3.02. The minimum atomic E-state index is -0.327. The zero-order valence-electron chi connectivity index (χ0n) is 14.1. The number of rotatable bonds is 4. The summed E-state index contributed by atoms with van der Waals surface area (Å²) < 4.78 is 20.8. The molecule has 1 aromatic carbocycles. The van der Waals surface area contributed by atoms with E-state index in [9.17, 15) is 9.18 Å². The third-order valence-corrected chi connectivity index (χ3v) is 4.41. The molecule has 1 atom stereocenters. The molecule has 7 heteroatoms. The van der Waals surface area contributed by atoms with Gasteiger partial charge in [-0.3, -0.25) is 9.20 Å². The van der Waals surface area contributed by atoms with Gasteiger partial charge in [0, 0.05) is 37.0 Å². The molecule has 1 aliphatic rings. The topological polar surface area (TPSA) is 67.7 Å². The largest absolute Gasteiger partial charge is 0.374 e. The highest BCUT2D eigenvalue weighted by Gasteiger charge is 2.15. The highest BCUT2D eigenvalue weighted by molar-refractivity contribution is 5.94. The van der Waals surface area contributed by atoms with Crippen LogP contribution in [0.4, 0.5) is 4.39 Å². The van der Waals surface area contributed by atoms with E-state index in [1.54, 1.807) is 28.8 Å². The van der Waals surface area contributed by atoms with Gasteiger partial charge in [-0.25, -0.2) is 9.37 Å². The first-order valence-electron chi connectivity index (χ1n) is 8.54. The van der Waals surface area contributed by atoms with Crippen molar-refractivity contribution in [2.75, 3.05) is 26.2 Å². The van der Waals surface area contributed by atoms with E-state index in [1.165, 1.54) is 12.3 Å². The van der Waals surface area contributed by atoms with Crippen molar-refractivity contribution in [2.45, 2.75) is 6.10 Å². The Labute approximate surface area is 150 Å². The number of morpholine rings is 1. The second kappa shape index (κ2) is 7.23. The Morgan fingerprint density at radius 3 is 2.92 bits per heavy atom. The van der Waals surface area contributed by atoms with Crippen molar-refractivity contribution >= 4 is 11.6 Å². The van der Waals surface area contributed by atoms with Crippen LogP contribution < -0.4 is 10.6 Å². The van der Waals surface area contributed by atoms with E-state index >= 15 is 0 Å². The molecule has 3 aromatic rings. The van der Waals surface area contributed by atoms with E-state index in [-0.39, 0.29) is 17.8 Å². The number of nitrogens with zero attached hydrogens (tertiary/aromatic N) is 2. The number of halogens is 1. The number of amides is 1. The quantitative estimate of drug-likeness (QED) is 0.751. The molecule has 0 saturated carbocycles. The first kappa shape index (κ1) is 16.7. The number of ether oxygens (including phenoxy) is 1. The summed E-state index contributed by atoms with van der Waals surface area (Å²) >= 11 is 0. The Hall–Kier alpha value is -2.77. The van der Waals surface area contributed by atoms with Gasteiger partial charge in [0.25, 0.3) is 5.91 Å². The fraction of sp³-hybridized carbons (Fsp3) is 0.263. The molecule has 0 radical (unpaired) electrons. The minimum absolute atomic E-state index is 0.0000252. The number of aromatic nitrogens is 2. The van der Waals surface area contributed by atoms with Crippen LogP contribution in [-0.2, 0) is 4.74 Å². The lowest BCUT2D eigenvalue weighted by molar-refractivity contribution is 0.0287. The van der Waals surface area contributed by atoms with Crippen LogP contribution in [-0.4, -0.2) is 47.6 Å². The maximum Gasteiger partial charge on any atom is 0.251 e. The molecule has 1 saturated heterocycles. The summed E-state index contributed by atoms with van der Waals surface area (Å²) in [5, 5.41) is 6.12. The van der Waals surface area contributed by atoms with E-state index in [0.29, 0.717) is 24.4 Å². The van der Waals surface area contributed by atoms with E-state index in [0.717, 1.165) is 24.3 Å². The van der Waals surface area contributed by atoms with Crippen molar-refractivity contribution < 1.29 is 13.9 Å². The number of hydrogen-bond donors (Lipinski definition) is 2. The Morgan fingerprint density at radius 2 is 2.15 bits per heavy atom. The van der Waals surface area contributed by atoms with Gasteiger partial charge < -0.3 is 15.4 Å². The molecule has 3 heterocycles. The SMILES string of the molecule is O=C(NC[C@@H]1CNCCO1)c1ccc(-c2cnc3ccc(F)cn23)cc1. The summed E-state index contributed by atoms with van der Waals surface area (Å²) in [5.41, 5.74) is 2.87. The highest BCUT2D eigenvalue weighted by atomic mass is 19.1. The monoisotopic (exact) mass is 354 g/mol. The Balaban J connectivity index is 1.47. The van der Waals surface area contributed by atoms with Crippen molar-refractivity contribution in [1.82, 2.24) is 20.0 Å². The third kappa shape index (κ3) is 3.44. The molecule has 4 rings (SSSR count). The minimum Gasteiger partial charge on any atom is -0.374 e.